The van der Waals surface area contributed by atoms with Gasteiger partial charge in [-0.25, -0.2) is 0 Å². The number of ether oxygens (including phenoxy) is 1. The van der Waals surface area contributed by atoms with Crippen LogP contribution in [0.2, 0.25) is 0 Å². The average molecular weight is 435 g/mol. The molecule has 1 aliphatic heterocycles. The molecule has 0 saturated carbocycles. The second-order valence-corrected chi connectivity index (χ2v) is 7.71. The molecule has 0 atom stereocenters. The summed E-state index contributed by atoms with van der Waals surface area (Å²) in [4.78, 5) is 26.0. The van der Waals surface area contributed by atoms with Gasteiger partial charge in [-0.05, 0) is 81.2 Å². The first-order valence-electron chi connectivity index (χ1n) is 8.92. The standard InChI is InChI=1S/C22H15BrN2O3/c1-28-18-9-2-12(10-17(18)23)11-24-25-21(26)15-7-5-13-3-4-14-6-8-16(22(25)27)20(15)19(13)14/h2,5-11H,3-4H2,1H3/b24-11+. The predicted molar refractivity (Wildman–Crippen MR) is 110 cm³/mol. The molecule has 3 aromatic rings. The lowest BCUT2D eigenvalue weighted by Crippen LogP contribution is -2.36. The van der Waals surface area contributed by atoms with E-state index in [1.807, 2.05) is 36.4 Å². The van der Waals surface area contributed by atoms with Gasteiger partial charge in [-0.15, -0.1) is 0 Å². The zero-order valence-electron chi connectivity index (χ0n) is 15.0. The van der Waals surface area contributed by atoms with Gasteiger partial charge in [-0.2, -0.15) is 10.1 Å². The molecule has 1 aliphatic carbocycles. The summed E-state index contributed by atoms with van der Waals surface area (Å²) in [7, 11) is 1.59. The Labute approximate surface area is 169 Å². The van der Waals surface area contributed by atoms with Crippen molar-refractivity contribution >= 4 is 44.7 Å². The molecule has 0 unspecified atom stereocenters. The second kappa shape index (κ2) is 6.27. The molecule has 0 saturated heterocycles. The molecule has 5 nitrogen and oxygen atoms in total. The number of halogens is 1. The number of rotatable bonds is 3. The lowest BCUT2D eigenvalue weighted by molar-refractivity contribution is 0.0616. The van der Waals surface area contributed by atoms with Crippen LogP contribution in [-0.2, 0) is 12.8 Å². The highest BCUT2D eigenvalue weighted by molar-refractivity contribution is 9.10. The van der Waals surface area contributed by atoms with Crippen molar-refractivity contribution in [2.24, 2.45) is 5.10 Å². The van der Waals surface area contributed by atoms with Crippen LogP contribution < -0.4 is 4.74 Å². The smallest absolute Gasteiger partial charge is 0.282 e. The molecule has 28 heavy (non-hydrogen) atoms. The molecule has 6 heteroatoms. The van der Waals surface area contributed by atoms with Crippen LogP contribution in [0.1, 0.15) is 37.4 Å². The molecule has 0 aromatic heterocycles. The van der Waals surface area contributed by atoms with Gasteiger partial charge in [0, 0.05) is 5.39 Å². The van der Waals surface area contributed by atoms with E-state index in [1.54, 1.807) is 13.2 Å². The highest BCUT2D eigenvalue weighted by atomic mass is 79.9. The normalized spacial score (nSPS) is 15.1. The molecule has 0 N–H and O–H groups in total. The van der Waals surface area contributed by atoms with E-state index in [0.29, 0.717) is 16.9 Å². The van der Waals surface area contributed by atoms with Gasteiger partial charge >= 0.3 is 0 Å². The van der Waals surface area contributed by atoms with Crippen molar-refractivity contribution in [3.8, 4) is 5.75 Å². The number of hydrogen-bond donors (Lipinski definition) is 0. The van der Waals surface area contributed by atoms with Gasteiger partial charge in [0.05, 0.1) is 28.9 Å². The Balaban J connectivity index is 1.57. The summed E-state index contributed by atoms with van der Waals surface area (Å²) in [5.74, 6) is -0.0890. The van der Waals surface area contributed by atoms with E-state index in [1.165, 1.54) is 17.3 Å². The SMILES string of the molecule is COc1ccc(/C=N/N2C(=O)c3ccc4c5c(ccc(c35)C2=O)CC4)cc1Br. The number of hydrazone groups is 1. The fourth-order valence-electron chi connectivity index (χ4n) is 4.00. The third-order valence-corrected chi connectivity index (χ3v) is 5.96. The summed E-state index contributed by atoms with van der Waals surface area (Å²) < 4.78 is 5.98. The molecule has 0 radical (unpaired) electrons. The Morgan fingerprint density at radius 2 is 1.61 bits per heavy atom. The third-order valence-electron chi connectivity index (χ3n) is 5.34. The molecule has 0 spiro atoms. The Hall–Kier alpha value is -2.99. The molecular formula is C22H15BrN2O3. The number of methoxy groups -OCH3 is 1. The van der Waals surface area contributed by atoms with Crippen molar-refractivity contribution in [1.82, 2.24) is 5.01 Å². The molecule has 138 valence electrons. The quantitative estimate of drug-likeness (QED) is 0.454. The van der Waals surface area contributed by atoms with Gasteiger partial charge in [0.1, 0.15) is 5.75 Å². The van der Waals surface area contributed by atoms with E-state index in [9.17, 15) is 9.59 Å². The minimum atomic E-state index is -0.392. The van der Waals surface area contributed by atoms with Crippen molar-refractivity contribution in [1.29, 1.82) is 0 Å². The highest BCUT2D eigenvalue weighted by Crippen LogP contribution is 2.38. The number of amides is 2. The lowest BCUT2D eigenvalue weighted by Gasteiger charge is -2.23. The van der Waals surface area contributed by atoms with Crippen LogP contribution in [0.3, 0.4) is 0 Å². The van der Waals surface area contributed by atoms with Gasteiger partial charge in [-0.1, -0.05) is 12.1 Å². The van der Waals surface area contributed by atoms with E-state index < -0.39 is 11.8 Å². The zero-order chi connectivity index (χ0) is 19.4. The van der Waals surface area contributed by atoms with Crippen molar-refractivity contribution in [2.75, 3.05) is 7.11 Å². The summed E-state index contributed by atoms with van der Waals surface area (Å²) in [6, 6.07) is 13.0. The minimum Gasteiger partial charge on any atom is -0.496 e. The lowest BCUT2D eigenvalue weighted by atomic mass is 9.92. The van der Waals surface area contributed by atoms with Crippen molar-refractivity contribution in [3.63, 3.8) is 0 Å². The molecule has 0 bridgehead atoms. The molecule has 2 aliphatic rings. The second-order valence-electron chi connectivity index (χ2n) is 6.86. The maximum atomic E-state index is 13.0. The fraction of sp³-hybridized carbons (Fsp3) is 0.136. The maximum Gasteiger partial charge on any atom is 0.282 e. The van der Waals surface area contributed by atoms with Crippen LogP contribution in [0.4, 0.5) is 0 Å². The predicted octanol–water partition coefficient (Wildman–Crippen LogP) is 4.34. The third kappa shape index (κ3) is 2.41. The first-order chi connectivity index (χ1) is 13.6. The fourth-order valence-corrected chi connectivity index (χ4v) is 4.56. The van der Waals surface area contributed by atoms with Crippen LogP contribution >= 0.6 is 15.9 Å². The van der Waals surface area contributed by atoms with Crippen LogP contribution in [-0.4, -0.2) is 30.1 Å². The van der Waals surface area contributed by atoms with E-state index >= 15 is 0 Å². The van der Waals surface area contributed by atoms with Crippen molar-refractivity contribution in [2.45, 2.75) is 12.8 Å². The first-order valence-corrected chi connectivity index (χ1v) is 9.71. The van der Waals surface area contributed by atoms with Gasteiger partial charge in [0.15, 0.2) is 0 Å². The van der Waals surface area contributed by atoms with Crippen LogP contribution in [0.25, 0.3) is 10.8 Å². The minimum absolute atomic E-state index is 0.392. The van der Waals surface area contributed by atoms with E-state index in [2.05, 4.69) is 21.0 Å². The number of nitrogens with zero attached hydrogens (tertiary/aromatic N) is 2. The molecular weight excluding hydrogens is 420 g/mol. The Kier molecular flexibility index (Phi) is 3.84. The van der Waals surface area contributed by atoms with Crippen LogP contribution in [0, 0.1) is 0 Å². The number of carbonyl (C=O) groups is 2. The van der Waals surface area contributed by atoms with Crippen LogP contribution in [0.15, 0.2) is 52.0 Å². The summed E-state index contributed by atoms with van der Waals surface area (Å²) in [6.07, 6.45) is 3.40. The maximum absolute atomic E-state index is 13.0. The molecule has 5 rings (SSSR count). The van der Waals surface area contributed by atoms with E-state index in [-0.39, 0.29) is 0 Å². The molecule has 2 amide bonds. The van der Waals surface area contributed by atoms with Gasteiger partial charge in [0.25, 0.3) is 11.8 Å². The summed E-state index contributed by atoms with van der Waals surface area (Å²) >= 11 is 3.42. The molecule has 0 fully saturated rings. The summed E-state index contributed by atoms with van der Waals surface area (Å²) in [5, 5.41) is 7.00. The first kappa shape index (κ1) is 17.1. The number of hydrogen-bond acceptors (Lipinski definition) is 4. The highest BCUT2D eigenvalue weighted by Gasteiger charge is 2.35. The topological polar surface area (TPSA) is 59.0 Å². The van der Waals surface area contributed by atoms with E-state index in [0.717, 1.165) is 38.7 Å². The van der Waals surface area contributed by atoms with Gasteiger partial charge < -0.3 is 4.74 Å². The number of carbonyl (C=O) groups excluding carboxylic acids is 2. The Morgan fingerprint density at radius 3 is 2.18 bits per heavy atom. The Bertz CT molecular complexity index is 1160. The van der Waals surface area contributed by atoms with E-state index in [4.69, 9.17) is 4.74 Å². The van der Waals surface area contributed by atoms with Crippen molar-refractivity contribution in [3.05, 3.63) is 74.8 Å². The van der Waals surface area contributed by atoms with Crippen molar-refractivity contribution < 1.29 is 14.3 Å². The zero-order valence-corrected chi connectivity index (χ0v) is 16.6. The Morgan fingerprint density at radius 1 is 0.964 bits per heavy atom. The number of imide groups is 1. The monoisotopic (exact) mass is 434 g/mol. The summed E-state index contributed by atoms with van der Waals surface area (Å²) in [6.45, 7) is 0. The van der Waals surface area contributed by atoms with Crippen LogP contribution in [0.5, 0.6) is 5.75 Å². The largest absolute Gasteiger partial charge is 0.496 e. The molecule has 3 aromatic carbocycles. The number of aryl methyl sites for hydroxylation is 2. The average Bonchev–Trinajstić information content (AvgIpc) is 3.12. The molecule has 1 heterocycles. The number of benzene rings is 3. The van der Waals surface area contributed by atoms with Gasteiger partial charge in [-0.3, -0.25) is 9.59 Å². The van der Waals surface area contributed by atoms with Gasteiger partial charge in [0.2, 0.25) is 0 Å². The summed E-state index contributed by atoms with van der Waals surface area (Å²) in [5.41, 5.74) is 4.22.